The number of halogens is 3. The molecule has 0 heterocycles. The number of hydrogen-bond donors (Lipinski definition) is 0. The molecular weight excluding hydrogens is 216 g/mol. The number of benzene rings is 1. The summed E-state index contributed by atoms with van der Waals surface area (Å²) in [6.07, 6.45) is 0.134. The molecule has 0 saturated heterocycles. The Balaban J connectivity index is 3.24. The maximum Gasteiger partial charge on any atom is 0.275 e. The Morgan fingerprint density at radius 3 is 2.43 bits per heavy atom. The zero-order chi connectivity index (χ0) is 10.7. The van der Waals surface area contributed by atoms with Crippen molar-refractivity contribution in [2.45, 2.75) is 6.42 Å². The average molecular weight is 222 g/mol. The molecule has 0 aliphatic heterocycles. The van der Waals surface area contributed by atoms with Crippen LogP contribution in [-0.4, -0.2) is 10.8 Å². The lowest BCUT2D eigenvalue weighted by Crippen LogP contribution is -1.99. The largest absolute Gasteiger partial charge is 0.275 e. The van der Waals surface area contributed by atoms with E-state index in [1.807, 2.05) is 0 Å². The monoisotopic (exact) mass is 221 g/mol. The predicted molar refractivity (Wildman–Crippen MR) is 47.4 cm³/mol. The smallest absolute Gasteiger partial charge is 0.258 e. The van der Waals surface area contributed by atoms with Crippen LogP contribution in [-0.2, 0) is 6.42 Å². The predicted octanol–water partition coefficient (Wildman–Crippen LogP) is 2.65. The van der Waals surface area contributed by atoms with E-state index in [0.717, 1.165) is 6.07 Å². The van der Waals surface area contributed by atoms with Crippen molar-refractivity contribution >= 4 is 17.3 Å². The Hall–Kier alpha value is -1.23. The fraction of sp³-hybridized carbons (Fsp3) is 0.250. The van der Waals surface area contributed by atoms with Gasteiger partial charge in [0, 0.05) is 11.4 Å². The lowest BCUT2D eigenvalue weighted by molar-refractivity contribution is -0.385. The molecule has 0 fully saturated rings. The highest BCUT2D eigenvalue weighted by atomic mass is 35.5. The molecule has 0 amide bonds. The van der Waals surface area contributed by atoms with E-state index in [9.17, 15) is 18.9 Å². The first-order valence-corrected chi connectivity index (χ1v) is 4.28. The zero-order valence-electron chi connectivity index (χ0n) is 6.97. The molecule has 0 aromatic heterocycles. The third-order valence-corrected chi connectivity index (χ3v) is 1.87. The van der Waals surface area contributed by atoms with Crippen LogP contribution in [0.15, 0.2) is 12.1 Å². The Morgan fingerprint density at radius 1 is 1.36 bits per heavy atom. The number of nitro groups is 1. The molecule has 76 valence electrons. The van der Waals surface area contributed by atoms with Crippen LogP contribution in [0.5, 0.6) is 0 Å². The number of aryl methyl sites for hydroxylation is 1. The van der Waals surface area contributed by atoms with Gasteiger partial charge in [-0.3, -0.25) is 10.1 Å². The Labute approximate surface area is 83.4 Å². The van der Waals surface area contributed by atoms with E-state index in [-0.39, 0.29) is 17.9 Å². The van der Waals surface area contributed by atoms with Gasteiger partial charge in [0.15, 0.2) is 11.6 Å². The molecule has 3 nitrogen and oxygen atoms in total. The van der Waals surface area contributed by atoms with Gasteiger partial charge in [-0.2, -0.15) is 0 Å². The molecule has 1 rings (SSSR count). The zero-order valence-corrected chi connectivity index (χ0v) is 7.72. The fourth-order valence-corrected chi connectivity index (χ4v) is 1.25. The number of nitrogens with zero attached hydrogens (tertiary/aromatic N) is 1. The van der Waals surface area contributed by atoms with Gasteiger partial charge in [0.2, 0.25) is 0 Å². The fourth-order valence-electron chi connectivity index (χ4n) is 1.05. The van der Waals surface area contributed by atoms with E-state index >= 15 is 0 Å². The van der Waals surface area contributed by atoms with Crippen molar-refractivity contribution < 1.29 is 13.7 Å². The summed E-state index contributed by atoms with van der Waals surface area (Å²) >= 11 is 5.37. The van der Waals surface area contributed by atoms with E-state index < -0.39 is 22.2 Å². The van der Waals surface area contributed by atoms with Gasteiger partial charge in [-0.25, -0.2) is 8.78 Å². The minimum Gasteiger partial charge on any atom is -0.258 e. The highest BCUT2D eigenvalue weighted by molar-refractivity contribution is 6.18. The summed E-state index contributed by atoms with van der Waals surface area (Å²) in [6.45, 7) is 0. The summed E-state index contributed by atoms with van der Waals surface area (Å²) in [7, 11) is 0. The van der Waals surface area contributed by atoms with Crippen molar-refractivity contribution in [1.82, 2.24) is 0 Å². The van der Waals surface area contributed by atoms with Crippen LogP contribution in [0.4, 0.5) is 14.5 Å². The van der Waals surface area contributed by atoms with Gasteiger partial charge in [0.05, 0.1) is 11.0 Å². The molecule has 14 heavy (non-hydrogen) atoms. The van der Waals surface area contributed by atoms with Crippen LogP contribution < -0.4 is 0 Å². The third-order valence-electron chi connectivity index (χ3n) is 1.68. The van der Waals surface area contributed by atoms with E-state index in [0.29, 0.717) is 6.07 Å². The van der Waals surface area contributed by atoms with Gasteiger partial charge in [-0.1, -0.05) is 0 Å². The quantitative estimate of drug-likeness (QED) is 0.447. The molecular formula is C8H6ClF2NO2. The lowest BCUT2D eigenvalue weighted by Gasteiger charge is -2.01. The van der Waals surface area contributed by atoms with Crippen LogP contribution in [0, 0.1) is 21.7 Å². The van der Waals surface area contributed by atoms with Crippen molar-refractivity contribution in [3.05, 3.63) is 39.4 Å². The van der Waals surface area contributed by atoms with Crippen molar-refractivity contribution in [3.8, 4) is 0 Å². The van der Waals surface area contributed by atoms with Gasteiger partial charge >= 0.3 is 0 Å². The van der Waals surface area contributed by atoms with E-state index in [2.05, 4.69) is 0 Å². The summed E-state index contributed by atoms with van der Waals surface area (Å²) in [6, 6.07) is 1.37. The molecule has 0 spiro atoms. The molecule has 0 aliphatic carbocycles. The molecule has 1 aromatic carbocycles. The Bertz CT molecular complexity index is 371. The molecule has 0 unspecified atom stereocenters. The molecule has 0 N–H and O–H groups in total. The standard InChI is InChI=1S/C8H6ClF2NO2/c9-2-1-5-3-6(10)7(11)4-8(5)12(13)14/h3-4H,1-2H2. The molecule has 6 heteroatoms. The lowest BCUT2D eigenvalue weighted by atomic mass is 10.1. The van der Waals surface area contributed by atoms with Crippen LogP contribution in [0.25, 0.3) is 0 Å². The van der Waals surface area contributed by atoms with Crippen molar-refractivity contribution in [2.75, 3.05) is 5.88 Å². The highest BCUT2D eigenvalue weighted by Gasteiger charge is 2.17. The number of nitro benzene ring substituents is 1. The second kappa shape index (κ2) is 4.32. The topological polar surface area (TPSA) is 43.1 Å². The SMILES string of the molecule is O=[N+]([O-])c1cc(F)c(F)cc1CCCl. The van der Waals surface area contributed by atoms with Crippen LogP contribution in [0.1, 0.15) is 5.56 Å². The van der Waals surface area contributed by atoms with Crippen LogP contribution >= 0.6 is 11.6 Å². The summed E-state index contributed by atoms with van der Waals surface area (Å²) in [5.41, 5.74) is -0.339. The van der Waals surface area contributed by atoms with Gasteiger partial charge in [-0.05, 0) is 12.5 Å². The normalized spacial score (nSPS) is 10.2. The third kappa shape index (κ3) is 2.17. The molecule has 0 radical (unpaired) electrons. The van der Waals surface area contributed by atoms with Gasteiger partial charge in [0.1, 0.15) is 0 Å². The molecule has 0 bridgehead atoms. The van der Waals surface area contributed by atoms with E-state index in [1.54, 1.807) is 0 Å². The minimum atomic E-state index is -1.23. The number of rotatable bonds is 3. The maximum atomic E-state index is 12.7. The van der Waals surface area contributed by atoms with Crippen molar-refractivity contribution in [1.29, 1.82) is 0 Å². The molecule has 0 aliphatic rings. The van der Waals surface area contributed by atoms with Gasteiger partial charge < -0.3 is 0 Å². The number of alkyl halides is 1. The summed E-state index contributed by atoms with van der Waals surface area (Å²) < 4.78 is 25.4. The minimum absolute atomic E-state index is 0.101. The Kier molecular flexibility index (Phi) is 3.35. The second-order valence-electron chi connectivity index (χ2n) is 2.59. The maximum absolute atomic E-state index is 12.7. The van der Waals surface area contributed by atoms with Crippen molar-refractivity contribution in [3.63, 3.8) is 0 Å². The second-order valence-corrected chi connectivity index (χ2v) is 2.97. The van der Waals surface area contributed by atoms with Crippen LogP contribution in [0.2, 0.25) is 0 Å². The van der Waals surface area contributed by atoms with Crippen molar-refractivity contribution in [2.24, 2.45) is 0 Å². The molecule has 0 saturated carbocycles. The van der Waals surface area contributed by atoms with Crippen LogP contribution in [0.3, 0.4) is 0 Å². The van der Waals surface area contributed by atoms with E-state index in [1.165, 1.54) is 0 Å². The van der Waals surface area contributed by atoms with E-state index in [4.69, 9.17) is 11.6 Å². The summed E-state index contributed by atoms with van der Waals surface area (Å²) in [4.78, 5) is 9.67. The first-order chi connectivity index (χ1) is 6.56. The average Bonchev–Trinajstić information content (AvgIpc) is 2.11. The molecule has 1 aromatic rings. The molecule has 0 atom stereocenters. The summed E-state index contributed by atoms with van der Waals surface area (Å²) in [5, 5.41) is 10.4. The summed E-state index contributed by atoms with van der Waals surface area (Å²) in [5.74, 6) is -2.21. The van der Waals surface area contributed by atoms with Gasteiger partial charge in [0.25, 0.3) is 5.69 Å². The number of hydrogen-bond acceptors (Lipinski definition) is 2. The first kappa shape index (κ1) is 10.8. The highest BCUT2D eigenvalue weighted by Crippen LogP contribution is 2.22. The Morgan fingerprint density at radius 2 is 1.93 bits per heavy atom. The van der Waals surface area contributed by atoms with Gasteiger partial charge in [-0.15, -0.1) is 11.6 Å². The first-order valence-electron chi connectivity index (χ1n) is 3.74.